The molecule has 0 saturated carbocycles. The van der Waals surface area contributed by atoms with E-state index in [1.165, 1.54) is 6.42 Å². The summed E-state index contributed by atoms with van der Waals surface area (Å²) in [4.78, 5) is 14.0. The van der Waals surface area contributed by atoms with E-state index in [9.17, 15) is 4.79 Å². The second-order valence-corrected chi connectivity index (χ2v) is 5.27. The van der Waals surface area contributed by atoms with Crippen LogP contribution in [0.4, 0.5) is 0 Å². The SMILES string of the molecule is CCCC1CCN(CCOC2CCCCO2)C1=O. The number of carbonyl (C=O) groups is 1. The predicted octanol–water partition coefficient (Wildman–Crippen LogP) is 2.18. The summed E-state index contributed by atoms with van der Waals surface area (Å²) in [5.41, 5.74) is 0. The molecule has 1 amide bonds. The van der Waals surface area contributed by atoms with Gasteiger partial charge < -0.3 is 14.4 Å². The maximum Gasteiger partial charge on any atom is 0.225 e. The van der Waals surface area contributed by atoms with Crippen LogP contribution >= 0.6 is 0 Å². The third-order valence-electron chi connectivity index (χ3n) is 3.85. The minimum atomic E-state index is -0.0390. The molecule has 4 heteroatoms. The van der Waals surface area contributed by atoms with Crippen LogP contribution in [0, 0.1) is 5.92 Å². The molecule has 0 aliphatic carbocycles. The lowest BCUT2D eigenvalue weighted by Crippen LogP contribution is -2.33. The van der Waals surface area contributed by atoms with Gasteiger partial charge in [-0.2, -0.15) is 0 Å². The van der Waals surface area contributed by atoms with Crippen molar-refractivity contribution in [2.75, 3.05) is 26.3 Å². The Morgan fingerprint density at radius 1 is 1.39 bits per heavy atom. The van der Waals surface area contributed by atoms with Gasteiger partial charge in [-0.05, 0) is 32.1 Å². The van der Waals surface area contributed by atoms with E-state index in [1.54, 1.807) is 0 Å². The summed E-state index contributed by atoms with van der Waals surface area (Å²) in [5, 5.41) is 0. The summed E-state index contributed by atoms with van der Waals surface area (Å²) >= 11 is 0. The van der Waals surface area contributed by atoms with Crippen LogP contribution in [0.5, 0.6) is 0 Å². The normalized spacial score (nSPS) is 28.9. The van der Waals surface area contributed by atoms with Gasteiger partial charge in [-0.3, -0.25) is 4.79 Å². The zero-order valence-electron chi connectivity index (χ0n) is 11.4. The first-order valence-corrected chi connectivity index (χ1v) is 7.33. The molecule has 0 bridgehead atoms. The second kappa shape index (κ2) is 7.10. The van der Waals surface area contributed by atoms with Crippen LogP contribution in [0.15, 0.2) is 0 Å². The minimum absolute atomic E-state index is 0.0390. The summed E-state index contributed by atoms with van der Waals surface area (Å²) in [6.45, 7) is 5.18. The van der Waals surface area contributed by atoms with Gasteiger partial charge in [0.2, 0.25) is 5.91 Å². The zero-order valence-corrected chi connectivity index (χ0v) is 11.4. The molecule has 0 aromatic rings. The van der Waals surface area contributed by atoms with Crippen molar-refractivity contribution in [2.45, 2.75) is 51.7 Å². The first-order chi connectivity index (χ1) is 8.81. The van der Waals surface area contributed by atoms with Gasteiger partial charge >= 0.3 is 0 Å². The summed E-state index contributed by atoms with van der Waals surface area (Å²) in [5.74, 6) is 0.589. The Labute approximate surface area is 110 Å². The average molecular weight is 255 g/mol. The molecule has 0 radical (unpaired) electrons. The van der Waals surface area contributed by atoms with Crippen molar-refractivity contribution in [3.8, 4) is 0 Å². The van der Waals surface area contributed by atoms with E-state index in [2.05, 4.69) is 6.92 Å². The van der Waals surface area contributed by atoms with E-state index in [4.69, 9.17) is 9.47 Å². The smallest absolute Gasteiger partial charge is 0.225 e. The van der Waals surface area contributed by atoms with E-state index < -0.39 is 0 Å². The highest BCUT2D eigenvalue weighted by molar-refractivity contribution is 5.80. The molecular formula is C14H25NO3. The molecule has 2 atom stereocenters. The van der Waals surface area contributed by atoms with Crippen LogP contribution in [0.2, 0.25) is 0 Å². The summed E-state index contributed by atoms with van der Waals surface area (Å²) < 4.78 is 11.2. The van der Waals surface area contributed by atoms with Crippen molar-refractivity contribution in [3.05, 3.63) is 0 Å². The molecule has 2 fully saturated rings. The third kappa shape index (κ3) is 3.69. The average Bonchev–Trinajstić information content (AvgIpc) is 2.73. The summed E-state index contributed by atoms with van der Waals surface area (Å²) in [6, 6.07) is 0. The lowest BCUT2D eigenvalue weighted by molar-refractivity contribution is -0.165. The van der Waals surface area contributed by atoms with E-state index >= 15 is 0 Å². The van der Waals surface area contributed by atoms with Crippen LogP contribution in [-0.4, -0.2) is 43.4 Å². The first-order valence-electron chi connectivity index (χ1n) is 7.33. The first kappa shape index (κ1) is 13.8. The Balaban J connectivity index is 1.63. The minimum Gasteiger partial charge on any atom is -0.353 e. The number of rotatable bonds is 6. The van der Waals surface area contributed by atoms with E-state index in [0.29, 0.717) is 12.5 Å². The van der Waals surface area contributed by atoms with Crippen molar-refractivity contribution in [1.82, 2.24) is 4.90 Å². The zero-order chi connectivity index (χ0) is 12.8. The molecule has 0 spiro atoms. The van der Waals surface area contributed by atoms with Crippen molar-refractivity contribution in [1.29, 1.82) is 0 Å². The highest BCUT2D eigenvalue weighted by atomic mass is 16.7. The van der Waals surface area contributed by atoms with Gasteiger partial charge in [0.25, 0.3) is 0 Å². The van der Waals surface area contributed by atoms with Crippen molar-refractivity contribution in [3.63, 3.8) is 0 Å². The van der Waals surface area contributed by atoms with E-state index in [-0.39, 0.29) is 12.2 Å². The van der Waals surface area contributed by atoms with Crippen molar-refractivity contribution in [2.24, 2.45) is 5.92 Å². The fraction of sp³-hybridized carbons (Fsp3) is 0.929. The third-order valence-corrected chi connectivity index (χ3v) is 3.85. The molecule has 18 heavy (non-hydrogen) atoms. The monoisotopic (exact) mass is 255 g/mol. The predicted molar refractivity (Wildman–Crippen MR) is 69.1 cm³/mol. The van der Waals surface area contributed by atoms with Gasteiger partial charge in [-0.15, -0.1) is 0 Å². The van der Waals surface area contributed by atoms with Gasteiger partial charge in [0.15, 0.2) is 6.29 Å². The number of nitrogens with zero attached hydrogens (tertiary/aromatic N) is 1. The van der Waals surface area contributed by atoms with Crippen LogP contribution in [0.1, 0.15) is 45.4 Å². The van der Waals surface area contributed by atoms with Gasteiger partial charge in [-0.25, -0.2) is 0 Å². The number of ether oxygens (including phenoxy) is 2. The Hall–Kier alpha value is -0.610. The Kier molecular flexibility index (Phi) is 5.45. The molecule has 2 rings (SSSR count). The summed E-state index contributed by atoms with van der Waals surface area (Å²) in [7, 11) is 0. The molecule has 2 saturated heterocycles. The molecule has 0 aromatic carbocycles. The van der Waals surface area contributed by atoms with E-state index in [1.807, 2.05) is 4.90 Å². The largest absolute Gasteiger partial charge is 0.353 e. The highest BCUT2D eigenvalue weighted by Crippen LogP contribution is 2.22. The second-order valence-electron chi connectivity index (χ2n) is 5.27. The number of hydrogen-bond acceptors (Lipinski definition) is 3. The van der Waals surface area contributed by atoms with Crippen LogP contribution < -0.4 is 0 Å². The Bertz CT molecular complexity index is 264. The lowest BCUT2D eigenvalue weighted by Gasteiger charge is -2.24. The molecule has 0 N–H and O–H groups in total. The topological polar surface area (TPSA) is 38.8 Å². The Morgan fingerprint density at radius 2 is 2.28 bits per heavy atom. The van der Waals surface area contributed by atoms with Gasteiger partial charge in [0, 0.05) is 25.6 Å². The maximum atomic E-state index is 12.0. The number of amides is 1. The van der Waals surface area contributed by atoms with Crippen LogP contribution in [0.25, 0.3) is 0 Å². The fourth-order valence-electron chi connectivity index (χ4n) is 2.78. The molecular weight excluding hydrogens is 230 g/mol. The van der Waals surface area contributed by atoms with Gasteiger partial charge in [-0.1, -0.05) is 13.3 Å². The summed E-state index contributed by atoms with van der Waals surface area (Å²) in [6.07, 6.45) is 6.43. The number of likely N-dealkylation sites (tertiary alicyclic amines) is 1. The molecule has 4 nitrogen and oxygen atoms in total. The quantitative estimate of drug-likeness (QED) is 0.730. The molecule has 0 aromatic heterocycles. The molecule has 2 unspecified atom stereocenters. The maximum absolute atomic E-state index is 12.0. The molecule has 2 heterocycles. The highest BCUT2D eigenvalue weighted by Gasteiger charge is 2.30. The number of carbonyl (C=O) groups excluding carboxylic acids is 1. The van der Waals surface area contributed by atoms with Crippen LogP contribution in [0.3, 0.4) is 0 Å². The number of hydrogen-bond donors (Lipinski definition) is 0. The van der Waals surface area contributed by atoms with Crippen LogP contribution in [-0.2, 0) is 14.3 Å². The van der Waals surface area contributed by atoms with Gasteiger partial charge in [0.05, 0.1) is 6.61 Å². The van der Waals surface area contributed by atoms with Crippen molar-refractivity contribution < 1.29 is 14.3 Å². The molecule has 2 aliphatic rings. The van der Waals surface area contributed by atoms with E-state index in [0.717, 1.165) is 51.8 Å². The fourth-order valence-corrected chi connectivity index (χ4v) is 2.78. The van der Waals surface area contributed by atoms with Gasteiger partial charge in [0.1, 0.15) is 0 Å². The molecule has 2 aliphatic heterocycles. The lowest BCUT2D eigenvalue weighted by atomic mass is 10.0. The van der Waals surface area contributed by atoms with Crippen molar-refractivity contribution >= 4 is 5.91 Å². The standard InChI is InChI=1S/C14H25NO3/c1-2-5-12-7-8-15(14(12)16)9-11-18-13-6-3-4-10-17-13/h12-13H,2-11H2,1H3. The Morgan fingerprint density at radius 3 is 3.00 bits per heavy atom. The molecule has 104 valence electrons.